The number of anilines is 1. The number of methoxy groups -OCH3 is 1. The van der Waals surface area contributed by atoms with E-state index in [1.54, 1.807) is 0 Å². The zero-order chi connectivity index (χ0) is 13.0. The van der Waals surface area contributed by atoms with Crippen LogP contribution in [0.4, 0.5) is 11.4 Å². The van der Waals surface area contributed by atoms with E-state index < -0.39 is 10.9 Å². The van der Waals surface area contributed by atoms with E-state index in [-0.39, 0.29) is 11.4 Å². The third-order valence-corrected chi connectivity index (χ3v) is 2.40. The van der Waals surface area contributed by atoms with Gasteiger partial charge in [0.1, 0.15) is 5.75 Å². The maximum absolute atomic E-state index is 10.8. The van der Waals surface area contributed by atoms with Gasteiger partial charge in [-0.05, 0) is 22.0 Å². The van der Waals surface area contributed by atoms with Crippen LogP contribution in [0.1, 0.15) is 6.92 Å². The van der Waals surface area contributed by atoms with Gasteiger partial charge >= 0.3 is 5.97 Å². The van der Waals surface area contributed by atoms with Gasteiger partial charge in [0.05, 0.1) is 22.6 Å². The van der Waals surface area contributed by atoms with Crippen LogP contribution < -0.4 is 10.2 Å². The van der Waals surface area contributed by atoms with Crippen molar-refractivity contribution in [1.29, 1.82) is 0 Å². The molecule has 0 aliphatic heterocycles. The zero-order valence-corrected chi connectivity index (χ0v) is 10.6. The molecular formula is C9H9BrN2O5. The van der Waals surface area contributed by atoms with Gasteiger partial charge in [0.2, 0.25) is 0 Å². The van der Waals surface area contributed by atoms with E-state index in [4.69, 9.17) is 4.74 Å². The smallest absolute Gasteiger partial charge is 0.329 e. The van der Waals surface area contributed by atoms with Gasteiger partial charge in [-0.15, -0.1) is 0 Å². The molecule has 0 spiro atoms. The Balaban J connectivity index is 3.17. The van der Waals surface area contributed by atoms with Gasteiger partial charge in [-0.3, -0.25) is 14.9 Å². The summed E-state index contributed by atoms with van der Waals surface area (Å²) < 4.78 is 5.25. The van der Waals surface area contributed by atoms with E-state index in [1.165, 1.54) is 26.2 Å². The van der Waals surface area contributed by atoms with E-state index in [2.05, 4.69) is 26.2 Å². The van der Waals surface area contributed by atoms with Crippen molar-refractivity contribution in [2.75, 3.05) is 12.6 Å². The quantitative estimate of drug-likeness (QED) is 0.677. The Labute approximate surface area is 105 Å². The van der Waals surface area contributed by atoms with Crippen LogP contribution in [-0.4, -0.2) is 18.0 Å². The highest BCUT2D eigenvalue weighted by atomic mass is 79.9. The van der Waals surface area contributed by atoms with Gasteiger partial charge in [0, 0.05) is 6.92 Å². The van der Waals surface area contributed by atoms with Crippen molar-refractivity contribution >= 4 is 33.3 Å². The molecule has 1 N–H and O–H groups in total. The van der Waals surface area contributed by atoms with Gasteiger partial charge in [-0.1, -0.05) is 0 Å². The molecule has 0 aromatic heterocycles. The molecule has 17 heavy (non-hydrogen) atoms. The summed E-state index contributed by atoms with van der Waals surface area (Å²) >= 11 is 3.12. The molecule has 0 saturated heterocycles. The lowest BCUT2D eigenvalue weighted by molar-refractivity contribution is -0.384. The molecule has 7 nitrogen and oxygen atoms in total. The Kier molecular flexibility index (Phi) is 4.27. The number of benzene rings is 1. The van der Waals surface area contributed by atoms with Gasteiger partial charge in [-0.2, -0.15) is 0 Å². The van der Waals surface area contributed by atoms with Crippen molar-refractivity contribution in [1.82, 2.24) is 0 Å². The molecule has 92 valence electrons. The normalized spacial score (nSPS) is 9.59. The summed E-state index contributed by atoms with van der Waals surface area (Å²) in [6.45, 7) is 1.18. The van der Waals surface area contributed by atoms with Gasteiger partial charge in [0.15, 0.2) is 5.69 Å². The number of ether oxygens (including phenoxy) is 1. The molecule has 0 fully saturated rings. The second kappa shape index (κ2) is 5.48. The maximum Gasteiger partial charge on any atom is 0.329 e. The number of nitrogens with zero attached hydrogens (tertiary/aromatic N) is 1. The minimum absolute atomic E-state index is 0.0472. The summed E-state index contributed by atoms with van der Waals surface area (Å²) in [7, 11) is 1.39. The minimum Gasteiger partial charge on any atom is -0.496 e. The van der Waals surface area contributed by atoms with Crippen LogP contribution in [0.5, 0.6) is 5.75 Å². The number of carbonyl (C=O) groups is 1. The number of nitrogens with one attached hydrogen (secondary N) is 1. The van der Waals surface area contributed by atoms with E-state index in [0.29, 0.717) is 10.2 Å². The monoisotopic (exact) mass is 304 g/mol. The molecule has 0 atom stereocenters. The second-order valence-corrected chi connectivity index (χ2v) is 3.81. The number of hydrogen-bond acceptors (Lipinski definition) is 6. The summed E-state index contributed by atoms with van der Waals surface area (Å²) in [5.41, 5.74) is 2.00. The van der Waals surface area contributed by atoms with Crippen LogP contribution in [0.3, 0.4) is 0 Å². The zero-order valence-electron chi connectivity index (χ0n) is 9.02. The first-order valence-electron chi connectivity index (χ1n) is 4.41. The molecule has 1 rings (SSSR count). The van der Waals surface area contributed by atoms with Gasteiger partial charge in [0.25, 0.3) is 5.69 Å². The number of halogens is 1. The Hall–Kier alpha value is -1.83. The molecule has 0 heterocycles. The molecule has 0 radical (unpaired) electrons. The largest absolute Gasteiger partial charge is 0.496 e. The fourth-order valence-corrected chi connectivity index (χ4v) is 1.56. The number of carbonyl (C=O) groups excluding carboxylic acids is 1. The van der Waals surface area contributed by atoms with Crippen molar-refractivity contribution in [3.63, 3.8) is 0 Å². The van der Waals surface area contributed by atoms with Crippen molar-refractivity contribution < 1.29 is 19.3 Å². The van der Waals surface area contributed by atoms with Crippen LogP contribution in [0.15, 0.2) is 16.6 Å². The number of hydrogen-bond donors (Lipinski definition) is 1. The summed E-state index contributed by atoms with van der Waals surface area (Å²) in [4.78, 5) is 25.4. The number of nitro benzene ring substituents is 1. The summed E-state index contributed by atoms with van der Waals surface area (Å²) in [6.07, 6.45) is 0. The predicted molar refractivity (Wildman–Crippen MR) is 62.7 cm³/mol. The first-order chi connectivity index (χ1) is 7.95. The van der Waals surface area contributed by atoms with Gasteiger partial charge in [-0.25, -0.2) is 5.48 Å². The molecule has 1 aromatic carbocycles. The SMILES string of the molecule is COc1cc(Br)c(NOC(C)=O)c([N+](=O)[O-])c1. The van der Waals surface area contributed by atoms with E-state index in [9.17, 15) is 14.9 Å². The molecule has 0 amide bonds. The molecular weight excluding hydrogens is 296 g/mol. The summed E-state index contributed by atoms with van der Waals surface area (Å²) in [5, 5.41) is 10.8. The molecule has 1 aromatic rings. The highest BCUT2D eigenvalue weighted by Crippen LogP contribution is 2.36. The lowest BCUT2D eigenvalue weighted by Gasteiger charge is -2.09. The first-order valence-corrected chi connectivity index (χ1v) is 5.20. The standard InChI is InChI=1S/C9H9BrN2O5/c1-5(13)17-11-9-7(10)3-6(16-2)4-8(9)12(14)15/h3-4,11H,1-2H3. The lowest BCUT2D eigenvalue weighted by Crippen LogP contribution is -2.08. The topological polar surface area (TPSA) is 90.7 Å². The van der Waals surface area contributed by atoms with Crippen molar-refractivity contribution in [2.45, 2.75) is 6.92 Å². The molecule has 8 heteroatoms. The fourth-order valence-electron chi connectivity index (χ4n) is 1.05. The van der Waals surface area contributed by atoms with Crippen molar-refractivity contribution in [2.24, 2.45) is 0 Å². The van der Waals surface area contributed by atoms with Crippen LogP contribution in [0, 0.1) is 10.1 Å². The summed E-state index contributed by atoms with van der Waals surface area (Å²) in [5.74, 6) is -0.293. The van der Waals surface area contributed by atoms with Gasteiger partial charge < -0.3 is 9.57 Å². The van der Waals surface area contributed by atoms with E-state index >= 15 is 0 Å². The molecule has 0 saturated carbocycles. The summed E-state index contributed by atoms with van der Waals surface area (Å²) in [6, 6.07) is 2.73. The Bertz CT molecular complexity index is 463. The third-order valence-electron chi connectivity index (χ3n) is 1.77. The molecule has 0 aliphatic rings. The van der Waals surface area contributed by atoms with Crippen LogP contribution in [0.2, 0.25) is 0 Å². The number of nitro groups is 1. The third kappa shape index (κ3) is 3.31. The highest BCUT2D eigenvalue weighted by Gasteiger charge is 2.20. The predicted octanol–water partition coefficient (Wildman–Crippen LogP) is 2.26. The Morgan fingerprint density at radius 1 is 1.53 bits per heavy atom. The van der Waals surface area contributed by atoms with Crippen molar-refractivity contribution in [3.05, 3.63) is 26.7 Å². The molecule has 0 bridgehead atoms. The highest BCUT2D eigenvalue weighted by molar-refractivity contribution is 9.10. The van der Waals surface area contributed by atoms with Crippen molar-refractivity contribution in [3.8, 4) is 5.75 Å². The van der Waals surface area contributed by atoms with Crippen LogP contribution >= 0.6 is 15.9 Å². The fraction of sp³-hybridized carbons (Fsp3) is 0.222. The van der Waals surface area contributed by atoms with E-state index in [0.717, 1.165) is 0 Å². The Morgan fingerprint density at radius 2 is 2.18 bits per heavy atom. The maximum atomic E-state index is 10.8. The van der Waals surface area contributed by atoms with Crippen LogP contribution in [0.25, 0.3) is 0 Å². The average molecular weight is 305 g/mol. The van der Waals surface area contributed by atoms with Crippen LogP contribution in [-0.2, 0) is 9.63 Å². The minimum atomic E-state index is -0.612. The lowest BCUT2D eigenvalue weighted by atomic mass is 10.2. The van der Waals surface area contributed by atoms with E-state index in [1.807, 2.05) is 0 Å². The number of rotatable bonds is 4. The average Bonchev–Trinajstić information content (AvgIpc) is 2.25. The first kappa shape index (κ1) is 13.2. The second-order valence-electron chi connectivity index (χ2n) is 2.96. The molecule has 0 aliphatic carbocycles. The molecule has 0 unspecified atom stereocenters. The Morgan fingerprint density at radius 3 is 2.65 bits per heavy atom.